The van der Waals surface area contributed by atoms with Gasteiger partial charge in [0.25, 0.3) is 5.69 Å². The maximum Gasteiger partial charge on any atom is 0.488 e. The Kier molecular flexibility index (Phi) is 5.81. The second kappa shape index (κ2) is 8.69. The summed E-state index contributed by atoms with van der Waals surface area (Å²) in [5, 5.41) is 34.7. The van der Waals surface area contributed by atoms with Crippen molar-refractivity contribution >= 4 is 47.1 Å². The lowest BCUT2D eigenvalue weighted by atomic mass is 9.81. The van der Waals surface area contributed by atoms with Crippen LogP contribution in [-0.4, -0.2) is 30.2 Å². The van der Waals surface area contributed by atoms with Gasteiger partial charge in [-0.2, -0.15) is 0 Å². The summed E-state index contributed by atoms with van der Waals surface area (Å²) in [4.78, 5) is 10.8. The van der Waals surface area contributed by atoms with Gasteiger partial charge >= 0.3 is 7.12 Å². The van der Waals surface area contributed by atoms with E-state index in [-0.39, 0.29) is 5.69 Å². The van der Waals surface area contributed by atoms with Crippen molar-refractivity contribution in [3.63, 3.8) is 0 Å². The molecular formula is C24H20BNO4Si. The molecule has 0 saturated heterocycles. The van der Waals surface area contributed by atoms with E-state index in [2.05, 4.69) is 24.3 Å². The first-order valence-corrected chi connectivity index (χ1v) is 11.9. The molecule has 2 N–H and O–H groups in total. The average Bonchev–Trinajstić information content (AvgIpc) is 2.82. The van der Waals surface area contributed by atoms with E-state index in [1.54, 1.807) is 24.3 Å². The first kappa shape index (κ1) is 20.7. The first-order valence-electron chi connectivity index (χ1n) is 9.86. The van der Waals surface area contributed by atoms with Gasteiger partial charge in [-0.25, -0.2) is 0 Å². The molecule has 0 atom stereocenters. The van der Waals surface area contributed by atoms with E-state index < -0.39 is 20.1 Å². The van der Waals surface area contributed by atoms with Crippen LogP contribution in [0.15, 0.2) is 109 Å². The number of hydrogen-bond acceptors (Lipinski definition) is 4. The Bertz CT molecular complexity index is 1130. The van der Waals surface area contributed by atoms with Gasteiger partial charge in [-0.15, -0.1) is 0 Å². The van der Waals surface area contributed by atoms with Crippen molar-refractivity contribution in [3.8, 4) is 0 Å². The predicted molar refractivity (Wildman–Crippen MR) is 127 cm³/mol. The summed E-state index contributed by atoms with van der Waals surface area (Å²) in [6, 6.07) is 34.4. The molecule has 0 radical (unpaired) electrons. The largest absolute Gasteiger partial charge is 0.488 e. The van der Waals surface area contributed by atoms with Crippen molar-refractivity contribution in [2.24, 2.45) is 0 Å². The molecular weight excluding hydrogens is 405 g/mol. The van der Waals surface area contributed by atoms with Crippen molar-refractivity contribution in [2.75, 3.05) is 0 Å². The molecule has 0 heterocycles. The van der Waals surface area contributed by atoms with Crippen LogP contribution in [0, 0.1) is 10.1 Å². The molecule has 0 bridgehead atoms. The third-order valence-corrected chi connectivity index (χ3v) is 10.4. The highest BCUT2D eigenvalue weighted by Gasteiger charge is 2.41. The number of nitro benzene ring substituents is 1. The molecule has 0 fully saturated rings. The number of nitro groups is 1. The maximum atomic E-state index is 11.2. The van der Waals surface area contributed by atoms with Crippen LogP contribution in [0.1, 0.15) is 0 Å². The highest BCUT2D eigenvalue weighted by Crippen LogP contribution is 2.13. The van der Waals surface area contributed by atoms with E-state index in [9.17, 15) is 20.2 Å². The van der Waals surface area contributed by atoms with Crippen LogP contribution in [-0.2, 0) is 0 Å². The molecule has 5 nitrogen and oxygen atoms in total. The molecule has 4 aromatic carbocycles. The lowest BCUT2D eigenvalue weighted by molar-refractivity contribution is -0.384. The molecule has 152 valence electrons. The van der Waals surface area contributed by atoms with Crippen LogP contribution in [0.5, 0.6) is 0 Å². The van der Waals surface area contributed by atoms with E-state index in [0.717, 1.165) is 20.7 Å². The van der Waals surface area contributed by atoms with Crippen molar-refractivity contribution in [3.05, 3.63) is 119 Å². The van der Waals surface area contributed by atoms with Gasteiger partial charge in [-0.05, 0) is 26.2 Å². The highest BCUT2D eigenvalue weighted by atomic mass is 28.3. The van der Waals surface area contributed by atoms with Crippen molar-refractivity contribution in [1.29, 1.82) is 0 Å². The molecule has 0 aliphatic carbocycles. The zero-order valence-corrected chi connectivity index (χ0v) is 17.6. The number of hydrogen-bond donors (Lipinski definition) is 2. The summed E-state index contributed by atoms with van der Waals surface area (Å²) in [5.74, 6) is 0. The number of benzene rings is 4. The second-order valence-corrected chi connectivity index (χ2v) is 11.1. The molecule has 4 aromatic rings. The van der Waals surface area contributed by atoms with Gasteiger partial charge in [0, 0.05) is 12.1 Å². The summed E-state index contributed by atoms with van der Waals surface area (Å²) in [6.07, 6.45) is 0. The van der Waals surface area contributed by atoms with Crippen molar-refractivity contribution < 1.29 is 15.0 Å². The highest BCUT2D eigenvalue weighted by molar-refractivity contribution is 7.19. The van der Waals surface area contributed by atoms with Crippen LogP contribution in [0.2, 0.25) is 0 Å². The lowest BCUT2D eigenvalue weighted by Gasteiger charge is -2.34. The number of rotatable bonds is 6. The minimum Gasteiger partial charge on any atom is -0.423 e. The molecule has 4 rings (SSSR count). The van der Waals surface area contributed by atoms with Crippen LogP contribution < -0.4 is 26.2 Å². The minimum atomic E-state index is -2.80. The summed E-state index contributed by atoms with van der Waals surface area (Å²) in [5.41, 5.74) is 0.461. The molecule has 31 heavy (non-hydrogen) atoms. The summed E-state index contributed by atoms with van der Waals surface area (Å²) in [6.45, 7) is 0. The Hall–Kier alpha value is -3.52. The van der Waals surface area contributed by atoms with Crippen LogP contribution >= 0.6 is 0 Å². The van der Waals surface area contributed by atoms with Gasteiger partial charge in [0.1, 0.15) is 0 Å². The van der Waals surface area contributed by atoms with E-state index >= 15 is 0 Å². The van der Waals surface area contributed by atoms with Crippen molar-refractivity contribution in [1.82, 2.24) is 0 Å². The minimum absolute atomic E-state index is 0.0477. The monoisotopic (exact) mass is 425 g/mol. The number of non-ortho nitro benzene ring substituents is 1. The zero-order valence-electron chi connectivity index (χ0n) is 16.6. The third-order valence-electron chi connectivity index (χ3n) is 5.57. The molecule has 0 aromatic heterocycles. The fourth-order valence-corrected chi connectivity index (χ4v) is 8.83. The standard InChI is InChI=1S/C24H20BNO4Si/c27-25(28)19-11-15-23(16-12-19)31(21-7-3-1-4-8-21,22-9-5-2-6-10-22)24-17-13-20(14-18-24)26(29)30/h1-18,27-28H. The van der Waals surface area contributed by atoms with Crippen LogP contribution in [0.25, 0.3) is 0 Å². The first-order chi connectivity index (χ1) is 15.0. The molecule has 0 unspecified atom stereocenters. The van der Waals surface area contributed by atoms with E-state index in [4.69, 9.17) is 0 Å². The van der Waals surface area contributed by atoms with E-state index in [1.165, 1.54) is 0 Å². The molecule has 0 spiro atoms. The normalized spacial score (nSPS) is 11.2. The van der Waals surface area contributed by atoms with Gasteiger partial charge in [0.2, 0.25) is 0 Å². The van der Waals surface area contributed by atoms with Gasteiger partial charge in [-0.1, -0.05) is 97.1 Å². The lowest BCUT2D eigenvalue weighted by Crippen LogP contribution is -2.74. The Labute approximate surface area is 181 Å². The third kappa shape index (κ3) is 3.82. The van der Waals surface area contributed by atoms with Gasteiger partial charge in [0.15, 0.2) is 8.07 Å². The van der Waals surface area contributed by atoms with E-state index in [0.29, 0.717) is 5.46 Å². The summed E-state index contributed by atoms with van der Waals surface area (Å²) >= 11 is 0. The molecule has 0 aliphatic rings. The van der Waals surface area contributed by atoms with Crippen LogP contribution in [0.3, 0.4) is 0 Å². The smallest absolute Gasteiger partial charge is 0.423 e. The van der Waals surface area contributed by atoms with Gasteiger partial charge in [0.05, 0.1) is 4.92 Å². The molecule has 0 saturated carbocycles. The topological polar surface area (TPSA) is 83.6 Å². The SMILES string of the molecule is O=[N+]([O-])c1ccc([Si](c2ccccc2)(c2ccccc2)c2ccc(B(O)O)cc2)cc1. The predicted octanol–water partition coefficient (Wildman–Crippen LogP) is 0.652. The fraction of sp³-hybridized carbons (Fsp3) is 0. The van der Waals surface area contributed by atoms with Gasteiger partial charge < -0.3 is 10.0 Å². The average molecular weight is 425 g/mol. The molecule has 0 aliphatic heterocycles. The summed E-state index contributed by atoms with van der Waals surface area (Å²) < 4.78 is 0. The van der Waals surface area contributed by atoms with E-state index in [1.807, 2.05) is 60.7 Å². The Morgan fingerprint density at radius 3 is 1.39 bits per heavy atom. The summed E-state index contributed by atoms with van der Waals surface area (Å²) in [7, 11) is -4.34. The Morgan fingerprint density at radius 1 is 0.613 bits per heavy atom. The zero-order chi connectivity index (χ0) is 21.8. The molecule has 0 amide bonds. The quantitative estimate of drug-likeness (QED) is 0.206. The number of nitrogens with zero attached hydrogens (tertiary/aromatic N) is 1. The maximum absolute atomic E-state index is 11.2. The second-order valence-electron chi connectivity index (χ2n) is 7.28. The van der Waals surface area contributed by atoms with Crippen molar-refractivity contribution in [2.45, 2.75) is 0 Å². The fourth-order valence-electron chi connectivity index (χ4n) is 4.11. The Balaban J connectivity index is 2.05. The van der Waals surface area contributed by atoms with Crippen LogP contribution in [0.4, 0.5) is 5.69 Å². The Morgan fingerprint density at radius 2 is 1.00 bits per heavy atom. The van der Waals surface area contributed by atoms with Gasteiger partial charge in [-0.3, -0.25) is 10.1 Å². The molecule has 7 heteroatoms.